The zero-order valence-electron chi connectivity index (χ0n) is 11.0. The fraction of sp³-hybridized carbons (Fsp3) is 0.154. The average molecular weight is 269 g/mol. The molecule has 0 amide bonds. The fourth-order valence-electron chi connectivity index (χ4n) is 2.03. The van der Waals surface area contributed by atoms with E-state index >= 15 is 0 Å². The van der Waals surface area contributed by atoms with Gasteiger partial charge in [0.05, 0.1) is 6.33 Å². The van der Waals surface area contributed by atoms with E-state index in [0.717, 1.165) is 11.3 Å². The second-order valence-electron chi connectivity index (χ2n) is 4.45. The van der Waals surface area contributed by atoms with Crippen molar-refractivity contribution in [2.24, 2.45) is 12.8 Å². The highest BCUT2D eigenvalue weighted by molar-refractivity contribution is 5.83. The third-order valence-electron chi connectivity index (χ3n) is 3.07. The highest BCUT2D eigenvalue weighted by atomic mass is 15.2. The summed E-state index contributed by atoms with van der Waals surface area (Å²) in [5.41, 5.74) is 14.8. The molecule has 1 aromatic carbocycles. The molecule has 102 valence electrons. The van der Waals surface area contributed by atoms with Gasteiger partial charge in [-0.1, -0.05) is 18.2 Å². The predicted octanol–water partition coefficient (Wildman–Crippen LogP) is 1.15. The van der Waals surface area contributed by atoms with Gasteiger partial charge in [-0.2, -0.15) is 9.97 Å². The number of imidazole rings is 1. The molecule has 0 aliphatic heterocycles. The van der Waals surface area contributed by atoms with E-state index < -0.39 is 0 Å². The molecule has 3 rings (SSSR count). The number of rotatable bonds is 3. The van der Waals surface area contributed by atoms with Gasteiger partial charge in [-0.3, -0.25) is 0 Å². The summed E-state index contributed by atoms with van der Waals surface area (Å²) in [7, 11) is 1.86. The third-order valence-corrected chi connectivity index (χ3v) is 3.07. The van der Waals surface area contributed by atoms with E-state index in [4.69, 9.17) is 11.5 Å². The highest BCUT2D eigenvalue weighted by Crippen LogP contribution is 2.22. The van der Waals surface area contributed by atoms with E-state index in [-0.39, 0.29) is 0 Å². The molecule has 0 saturated carbocycles. The van der Waals surface area contributed by atoms with Crippen molar-refractivity contribution in [1.82, 2.24) is 19.5 Å². The zero-order chi connectivity index (χ0) is 14.1. The normalized spacial score (nSPS) is 10.9. The van der Waals surface area contributed by atoms with Gasteiger partial charge in [0.2, 0.25) is 5.95 Å². The lowest BCUT2D eigenvalue weighted by Crippen LogP contribution is -2.06. The van der Waals surface area contributed by atoms with E-state index in [1.165, 1.54) is 0 Å². The lowest BCUT2D eigenvalue weighted by molar-refractivity contribution is 0.929. The van der Waals surface area contributed by atoms with E-state index in [1.807, 2.05) is 31.3 Å². The Kier molecular flexibility index (Phi) is 2.96. The quantitative estimate of drug-likeness (QED) is 0.658. The summed E-state index contributed by atoms with van der Waals surface area (Å²) in [6.45, 7) is 0.437. The maximum atomic E-state index is 5.90. The predicted molar refractivity (Wildman–Crippen MR) is 78.3 cm³/mol. The number of nitrogens with two attached hydrogens (primary N) is 2. The minimum Gasteiger partial charge on any atom is -0.382 e. The van der Waals surface area contributed by atoms with E-state index in [2.05, 4.69) is 20.3 Å². The Morgan fingerprint density at radius 2 is 2.05 bits per heavy atom. The molecule has 0 fully saturated rings. The number of nitrogens with one attached hydrogen (secondary N) is 1. The molecule has 5 N–H and O–H groups in total. The Morgan fingerprint density at radius 1 is 1.25 bits per heavy atom. The van der Waals surface area contributed by atoms with Gasteiger partial charge in [0.15, 0.2) is 11.5 Å². The number of aromatic nitrogens is 4. The third kappa shape index (κ3) is 2.04. The van der Waals surface area contributed by atoms with Crippen molar-refractivity contribution in [1.29, 1.82) is 0 Å². The summed E-state index contributed by atoms with van der Waals surface area (Å²) in [6, 6.07) is 7.74. The summed E-state index contributed by atoms with van der Waals surface area (Å²) in [4.78, 5) is 12.8. The van der Waals surface area contributed by atoms with Crippen molar-refractivity contribution in [2.75, 3.05) is 11.1 Å². The molecule has 0 unspecified atom stereocenters. The van der Waals surface area contributed by atoms with Gasteiger partial charge in [0, 0.05) is 19.3 Å². The van der Waals surface area contributed by atoms with E-state index in [1.54, 1.807) is 10.9 Å². The SMILES string of the molecule is Cn1cnc2c(N)nc(Nc3ccccc3CN)nc21. The van der Waals surface area contributed by atoms with Gasteiger partial charge in [-0.05, 0) is 11.6 Å². The first kappa shape index (κ1) is 12.4. The van der Waals surface area contributed by atoms with Crippen LogP contribution in [0.1, 0.15) is 5.56 Å². The molecule has 20 heavy (non-hydrogen) atoms. The lowest BCUT2D eigenvalue weighted by Gasteiger charge is -2.10. The first-order valence-corrected chi connectivity index (χ1v) is 6.18. The van der Waals surface area contributed by atoms with Crippen molar-refractivity contribution in [2.45, 2.75) is 6.54 Å². The molecule has 2 aromatic heterocycles. The molecule has 0 spiro atoms. The zero-order valence-corrected chi connectivity index (χ0v) is 11.0. The number of hydrogen-bond acceptors (Lipinski definition) is 6. The number of benzene rings is 1. The smallest absolute Gasteiger partial charge is 0.231 e. The van der Waals surface area contributed by atoms with E-state index in [0.29, 0.717) is 29.5 Å². The van der Waals surface area contributed by atoms with Crippen LogP contribution in [0.25, 0.3) is 11.2 Å². The fourth-order valence-corrected chi connectivity index (χ4v) is 2.03. The molecule has 7 heteroatoms. The van der Waals surface area contributed by atoms with Crippen LogP contribution in [0.4, 0.5) is 17.5 Å². The first-order valence-electron chi connectivity index (χ1n) is 6.18. The molecular weight excluding hydrogens is 254 g/mol. The standard InChI is InChI=1S/C13H15N7/c1-20-7-16-10-11(15)18-13(19-12(10)20)17-9-5-3-2-4-8(9)6-14/h2-5,7H,6,14H2,1H3,(H3,15,17,18,19). The number of hydrogen-bond donors (Lipinski definition) is 3. The van der Waals surface area contributed by atoms with Crippen molar-refractivity contribution < 1.29 is 0 Å². The van der Waals surface area contributed by atoms with Crippen molar-refractivity contribution >= 4 is 28.6 Å². The van der Waals surface area contributed by atoms with Crippen LogP contribution in [0.2, 0.25) is 0 Å². The largest absolute Gasteiger partial charge is 0.382 e. The van der Waals surface area contributed by atoms with Crippen molar-refractivity contribution in [3.63, 3.8) is 0 Å². The van der Waals surface area contributed by atoms with Crippen LogP contribution in [-0.2, 0) is 13.6 Å². The minimum absolute atomic E-state index is 0.350. The average Bonchev–Trinajstić information content (AvgIpc) is 2.82. The maximum Gasteiger partial charge on any atom is 0.231 e. The summed E-state index contributed by atoms with van der Waals surface area (Å²) in [6.07, 6.45) is 1.66. The Morgan fingerprint density at radius 3 is 2.85 bits per heavy atom. The van der Waals surface area contributed by atoms with Gasteiger partial charge in [0.25, 0.3) is 0 Å². The van der Waals surface area contributed by atoms with Crippen LogP contribution in [0.5, 0.6) is 0 Å². The number of nitrogen functional groups attached to an aromatic ring is 1. The summed E-state index contributed by atoms with van der Waals surface area (Å²) >= 11 is 0. The van der Waals surface area contributed by atoms with Gasteiger partial charge < -0.3 is 21.4 Å². The summed E-state index contributed by atoms with van der Waals surface area (Å²) in [5, 5.41) is 3.15. The number of fused-ring (bicyclic) bond motifs is 1. The number of nitrogens with zero attached hydrogens (tertiary/aromatic N) is 4. The number of para-hydroxylation sites is 1. The van der Waals surface area contributed by atoms with Gasteiger partial charge in [-0.25, -0.2) is 4.98 Å². The van der Waals surface area contributed by atoms with Crippen LogP contribution in [-0.4, -0.2) is 19.5 Å². The number of aryl methyl sites for hydroxylation is 1. The highest BCUT2D eigenvalue weighted by Gasteiger charge is 2.10. The molecule has 0 radical (unpaired) electrons. The number of anilines is 3. The molecule has 0 saturated heterocycles. The molecular formula is C13H15N7. The van der Waals surface area contributed by atoms with E-state index in [9.17, 15) is 0 Å². The Hall–Kier alpha value is -2.67. The van der Waals surface area contributed by atoms with Gasteiger partial charge in [0.1, 0.15) is 5.52 Å². The Balaban J connectivity index is 2.04. The van der Waals surface area contributed by atoms with Crippen LogP contribution >= 0.6 is 0 Å². The molecule has 0 aliphatic rings. The first-order chi connectivity index (χ1) is 9.69. The van der Waals surface area contributed by atoms with Gasteiger partial charge >= 0.3 is 0 Å². The Labute approximate surface area is 115 Å². The van der Waals surface area contributed by atoms with Crippen LogP contribution in [0, 0.1) is 0 Å². The Bertz CT molecular complexity index is 763. The molecule has 0 atom stereocenters. The van der Waals surface area contributed by atoms with Crippen LogP contribution in [0.3, 0.4) is 0 Å². The molecule has 3 aromatic rings. The van der Waals surface area contributed by atoms with Crippen LogP contribution in [0.15, 0.2) is 30.6 Å². The topological polar surface area (TPSA) is 108 Å². The molecule has 0 aliphatic carbocycles. The molecule has 7 nitrogen and oxygen atoms in total. The second kappa shape index (κ2) is 4.78. The lowest BCUT2D eigenvalue weighted by atomic mass is 10.2. The van der Waals surface area contributed by atoms with Crippen LogP contribution < -0.4 is 16.8 Å². The molecule has 2 heterocycles. The molecule has 0 bridgehead atoms. The monoisotopic (exact) mass is 269 g/mol. The van der Waals surface area contributed by atoms with Gasteiger partial charge in [-0.15, -0.1) is 0 Å². The maximum absolute atomic E-state index is 5.90. The summed E-state index contributed by atoms with van der Waals surface area (Å²) < 4.78 is 1.80. The second-order valence-corrected chi connectivity index (χ2v) is 4.45. The van der Waals surface area contributed by atoms with Crippen molar-refractivity contribution in [3.8, 4) is 0 Å². The van der Waals surface area contributed by atoms with Crippen molar-refractivity contribution in [3.05, 3.63) is 36.2 Å². The minimum atomic E-state index is 0.350. The summed E-state index contributed by atoms with van der Waals surface area (Å²) in [5.74, 6) is 0.780.